The summed E-state index contributed by atoms with van der Waals surface area (Å²) in [6.07, 6.45) is 0. The first-order valence-electron chi connectivity index (χ1n) is 12.4. The summed E-state index contributed by atoms with van der Waals surface area (Å²) in [6.45, 7) is -0.314. The number of aromatic nitrogens is 1. The van der Waals surface area contributed by atoms with E-state index in [-0.39, 0.29) is 23.7 Å². The minimum absolute atomic E-state index is 0.0997. The highest BCUT2D eigenvalue weighted by molar-refractivity contribution is 8.00. The van der Waals surface area contributed by atoms with E-state index in [0.717, 1.165) is 28.0 Å². The highest BCUT2D eigenvalue weighted by Crippen LogP contribution is 2.55. The molecular formula is C28H20N4O7S2. The summed E-state index contributed by atoms with van der Waals surface area (Å²) in [4.78, 5) is 65.3. The third-order valence-corrected chi connectivity index (χ3v) is 9.60. The molecule has 2 N–H and O–H groups in total. The van der Waals surface area contributed by atoms with Crippen molar-refractivity contribution in [1.29, 1.82) is 0 Å². The van der Waals surface area contributed by atoms with Gasteiger partial charge in [0.2, 0.25) is 17.7 Å². The van der Waals surface area contributed by atoms with Crippen molar-refractivity contribution in [2.24, 2.45) is 5.92 Å². The van der Waals surface area contributed by atoms with E-state index < -0.39 is 44.6 Å². The number of aromatic hydroxyl groups is 1. The van der Waals surface area contributed by atoms with Gasteiger partial charge in [0, 0.05) is 34.2 Å². The van der Waals surface area contributed by atoms with Gasteiger partial charge in [0.05, 0.1) is 21.6 Å². The molecule has 0 aliphatic carbocycles. The standard InChI is InChI=1S/C28H20N4O7S2/c33-19-9-5-4-8-18(19)21-22-23(26(36)31(25(22)35)16-10-12-17(13-11-16)32(38)39)40-27-24(21)41-28(37)30(27)14-20(34)29-15-6-2-1-3-7-15/h1-13,21-23,33H,14H2,(H,29,34)/t21-,22+,23-/m0/s1. The van der Waals surface area contributed by atoms with Crippen molar-refractivity contribution in [1.82, 2.24) is 4.57 Å². The Labute approximate surface area is 240 Å². The van der Waals surface area contributed by atoms with Crippen molar-refractivity contribution in [3.8, 4) is 5.75 Å². The maximum Gasteiger partial charge on any atom is 0.308 e. The zero-order valence-corrected chi connectivity index (χ0v) is 22.6. The molecule has 0 radical (unpaired) electrons. The predicted octanol–water partition coefficient (Wildman–Crippen LogP) is 3.96. The number of anilines is 2. The second-order valence-corrected chi connectivity index (χ2v) is 11.5. The molecule has 1 fully saturated rings. The van der Waals surface area contributed by atoms with Crippen molar-refractivity contribution in [3.63, 3.8) is 0 Å². The van der Waals surface area contributed by atoms with E-state index in [9.17, 15) is 34.4 Å². The van der Waals surface area contributed by atoms with Crippen LogP contribution in [0.25, 0.3) is 0 Å². The molecule has 3 aromatic carbocycles. The van der Waals surface area contributed by atoms with Gasteiger partial charge in [-0.05, 0) is 30.3 Å². The number of phenolic OH excluding ortho intramolecular Hbond substituents is 1. The summed E-state index contributed by atoms with van der Waals surface area (Å²) >= 11 is 1.91. The number of nitro benzene ring substituents is 1. The van der Waals surface area contributed by atoms with Crippen LogP contribution in [-0.4, -0.2) is 37.6 Å². The fourth-order valence-corrected chi connectivity index (χ4v) is 7.95. The van der Waals surface area contributed by atoms with E-state index in [1.165, 1.54) is 34.9 Å². The number of nitrogens with zero attached hydrogens (tertiary/aromatic N) is 3. The molecule has 0 saturated carbocycles. The number of phenols is 1. The Morgan fingerprint density at radius 2 is 1.63 bits per heavy atom. The van der Waals surface area contributed by atoms with Gasteiger partial charge in [-0.3, -0.25) is 33.9 Å². The number of thioether (sulfide) groups is 1. The molecule has 0 spiro atoms. The molecule has 0 unspecified atom stereocenters. The molecule has 3 atom stereocenters. The van der Waals surface area contributed by atoms with Crippen LogP contribution in [0.5, 0.6) is 5.75 Å². The Balaban J connectivity index is 1.42. The van der Waals surface area contributed by atoms with Gasteiger partial charge in [-0.1, -0.05) is 59.5 Å². The average Bonchev–Trinajstić information content (AvgIpc) is 3.40. The van der Waals surface area contributed by atoms with Crippen LogP contribution in [0.15, 0.2) is 88.7 Å². The van der Waals surface area contributed by atoms with Crippen molar-refractivity contribution in [3.05, 3.63) is 109 Å². The zero-order valence-electron chi connectivity index (χ0n) is 21.0. The number of para-hydroxylation sites is 2. The second kappa shape index (κ2) is 10.3. The van der Waals surface area contributed by atoms with Crippen molar-refractivity contribution >= 4 is 57.9 Å². The van der Waals surface area contributed by atoms with Gasteiger partial charge >= 0.3 is 4.87 Å². The second-order valence-electron chi connectivity index (χ2n) is 9.42. The van der Waals surface area contributed by atoms with Gasteiger partial charge in [-0.2, -0.15) is 0 Å². The van der Waals surface area contributed by atoms with Crippen LogP contribution in [0.2, 0.25) is 0 Å². The lowest BCUT2D eigenvalue weighted by atomic mass is 9.82. The summed E-state index contributed by atoms with van der Waals surface area (Å²) in [5.74, 6) is -3.45. The number of non-ortho nitro benzene ring substituents is 1. The number of hydrogen-bond acceptors (Lipinski definition) is 9. The lowest BCUT2D eigenvalue weighted by Crippen LogP contribution is -2.33. The minimum atomic E-state index is -0.966. The first kappa shape index (κ1) is 26.5. The van der Waals surface area contributed by atoms with E-state index in [4.69, 9.17) is 0 Å². The summed E-state index contributed by atoms with van der Waals surface area (Å²) in [5.41, 5.74) is 0.925. The largest absolute Gasteiger partial charge is 0.508 e. The van der Waals surface area contributed by atoms with E-state index in [2.05, 4.69) is 5.32 Å². The number of benzene rings is 3. The van der Waals surface area contributed by atoms with Gasteiger partial charge < -0.3 is 10.4 Å². The molecule has 2 aliphatic heterocycles. The van der Waals surface area contributed by atoms with Gasteiger partial charge in [-0.25, -0.2) is 4.90 Å². The lowest BCUT2D eigenvalue weighted by molar-refractivity contribution is -0.384. The van der Waals surface area contributed by atoms with E-state index in [1.54, 1.807) is 42.5 Å². The number of nitro groups is 1. The van der Waals surface area contributed by atoms with E-state index in [0.29, 0.717) is 21.2 Å². The van der Waals surface area contributed by atoms with Gasteiger partial charge in [0.15, 0.2) is 0 Å². The van der Waals surface area contributed by atoms with Crippen LogP contribution in [0.3, 0.4) is 0 Å². The smallest absolute Gasteiger partial charge is 0.308 e. The number of rotatable bonds is 6. The maximum atomic E-state index is 13.9. The SMILES string of the molecule is O=C(Cn1c2c(sc1=O)[C@@H](c1ccccc1O)[C@H]1C(=O)N(c3ccc([N+](=O)[O-])cc3)C(=O)[C@H]1S2)Nc1ccccc1. The molecule has 206 valence electrons. The first-order chi connectivity index (χ1) is 19.7. The highest BCUT2D eigenvalue weighted by atomic mass is 32.2. The topological polar surface area (TPSA) is 152 Å². The average molecular weight is 589 g/mol. The highest BCUT2D eigenvalue weighted by Gasteiger charge is 2.57. The van der Waals surface area contributed by atoms with Crippen molar-refractivity contribution < 1.29 is 24.4 Å². The number of fused-ring (bicyclic) bond motifs is 2. The minimum Gasteiger partial charge on any atom is -0.508 e. The molecule has 3 heterocycles. The monoisotopic (exact) mass is 588 g/mol. The molecule has 13 heteroatoms. The number of carbonyl (C=O) groups is 3. The third kappa shape index (κ3) is 4.58. The van der Waals surface area contributed by atoms with Crippen LogP contribution < -0.4 is 15.1 Å². The van der Waals surface area contributed by atoms with Gasteiger partial charge in [0.1, 0.15) is 17.5 Å². The molecule has 2 aliphatic rings. The van der Waals surface area contributed by atoms with Crippen LogP contribution >= 0.6 is 23.1 Å². The van der Waals surface area contributed by atoms with E-state index >= 15 is 0 Å². The molecule has 4 aromatic rings. The Kier molecular flexibility index (Phi) is 6.67. The van der Waals surface area contributed by atoms with Crippen molar-refractivity contribution in [2.45, 2.75) is 22.7 Å². The molecule has 6 rings (SSSR count). The fraction of sp³-hybridized carbons (Fsp3) is 0.143. The Hall–Kier alpha value is -4.75. The molecule has 3 amide bonds. The zero-order chi connectivity index (χ0) is 28.8. The van der Waals surface area contributed by atoms with Crippen LogP contribution in [0.4, 0.5) is 17.1 Å². The molecule has 41 heavy (non-hydrogen) atoms. The molecule has 1 aromatic heterocycles. The van der Waals surface area contributed by atoms with E-state index in [1.807, 2.05) is 6.07 Å². The Morgan fingerprint density at radius 3 is 2.32 bits per heavy atom. The quantitative estimate of drug-likeness (QED) is 0.195. The summed E-state index contributed by atoms with van der Waals surface area (Å²) in [7, 11) is 0. The maximum absolute atomic E-state index is 13.9. The molecular weight excluding hydrogens is 568 g/mol. The van der Waals surface area contributed by atoms with Gasteiger partial charge in [-0.15, -0.1) is 0 Å². The number of amides is 3. The number of hydrogen-bond donors (Lipinski definition) is 2. The predicted molar refractivity (Wildman–Crippen MR) is 152 cm³/mol. The number of thiazole rings is 1. The first-order valence-corrected chi connectivity index (χ1v) is 14.1. The van der Waals surface area contributed by atoms with Crippen molar-refractivity contribution in [2.75, 3.05) is 10.2 Å². The molecule has 1 saturated heterocycles. The lowest BCUT2D eigenvalue weighted by Gasteiger charge is -2.31. The third-order valence-electron chi connectivity index (χ3n) is 7.00. The molecule has 11 nitrogen and oxygen atoms in total. The molecule has 0 bridgehead atoms. The summed E-state index contributed by atoms with van der Waals surface area (Å²) in [6, 6.07) is 20.3. The van der Waals surface area contributed by atoms with Gasteiger partial charge in [0.25, 0.3) is 5.69 Å². The Bertz CT molecular complexity index is 1770. The number of nitrogens with one attached hydrogen (secondary N) is 1. The van der Waals surface area contributed by atoms with Crippen LogP contribution in [-0.2, 0) is 20.9 Å². The number of imide groups is 1. The Morgan fingerprint density at radius 1 is 0.951 bits per heavy atom. The summed E-state index contributed by atoms with van der Waals surface area (Å²) < 4.78 is 1.29. The summed E-state index contributed by atoms with van der Waals surface area (Å²) in [5, 5.41) is 24.1. The normalized spacial score (nSPS) is 19.5. The van der Waals surface area contributed by atoms with Crippen LogP contribution in [0.1, 0.15) is 16.4 Å². The van der Waals surface area contributed by atoms with Crippen LogP contribution in [0, 0.1) is 16.0 Å². The fourth-order valence-electron chi connectivity index (χ4n) is 5.18. The number of carbonyl (C=O) groups excluding carboxylic acids is 3.